The molecule has 1 aromatic heterocycles. The average molecular weight is 278 g/mol. The molecule has 1 saturated heterocycles. The highest BCUT2D eigenvalue weighted by Gasteiger charge is 2.13. The fourth-order valence-corrected chi connectivity index (χ4v) is 2.30. The molecule has 0 saturated carbocycles. The van der Waals surface area contributed by atoms with E-state index in [1.807, 2.05) is 13.8 Å². The Morgan fingerprint density at radius 3 is 2.70 bits per heavy atom. The van der Waals surface area contributed by atoms with Crippen LogP contribution in [-0.2, 0) is 0 Å². The van der Waals surface area contributed by atoms with E-state index in [4.69, 9.17) is 9.84 Å². The van der Waals surface area contributed by atoms with Gasteiger partial charge in [-0.3, -0.25) is 4.90 Å². The molecule has 5 heteroatoms. The second-order valence-corrected chi connectivity index (χ2v) is 5.48. The van der Waals surface area contributed by atoms with E-state index in [0.717, 1.165) is 25.3 Å². The Labute approximate surface area is 119 Å². The van der Waals surface area contributed by atoms with Crippen LogP contribution in [0.3, 0.4) is 0 Å². The summed E-state index contributed by atoms with van der Waals surface area (Å²) < 4.78 is 5.63. The number of aromatic carboxylic acids is 1. The van der Waals surface area contributed by atoms with Gasteiger partial charge in [0.15, 0.2) is 0 Å². The van der Waals surface area contributed by atoms with Gasteiger partial charge in [-0.15, -0.1) is 0 Å². The van der Waals surface area contributed by atoms with Crippen molar-refractivity contribution in [2.45, 2.75) is 32.6 Å². The molecule has 0 unspecified atom stereocenters. The Balaban J connectivity index is 2.00. The van der Waals surface area contributed by atoms with E-state index in [0.29, 0.717) is 12.5 Å². The minimum atomic E-state index is -0.946. The van der Waals surface area contributed by atoms with Crippen LogP contribution >= 0.6 is 0 Å². The van der Waals surface area contributed by atoms with E-state index in [9.17, 15) is 4.79 Å². The minimum Gasteiger partial charge on any atom is -0.478 e. The van der Waals surface area contributed by atoms with Gasteiger partial charge in [0.05, 0.1) is 5.56 Å². The number of hydrogen-bond donors (Lipinski definition) is 1. The smallest absolute Gasteiger partial charge is 0.335 e. The number of rotatable bonds is 6. The van der Waals surface area contributed by atoms with E-state index in [1.165, 1.54) is 18.9 Å². The summed E-state index contributed by atoms with van der Waals surface area (Å²) in [6, 6.07) is 3.11. The molecule has 1 aliphatic rings. The predicted molar refractivity (Wildman–Crippen MR) is 76.5 cm³/mol. The van der Waals surface area contributed by atoms with E-state index < -0.39 is 5.97 Å². The maximum Gasteiger partial charge on any atom is 0.335 e. The number of carboxylic acid groups (broad SMARTS) is 1. The van der Waals surface area contributed by atoms with Gasteiger partial charge in [-0.1, -0.05) is 13.8 Å². The molecule has 2 heterocycles. The van der Waals surface area contributed by atoms with Crippen LogP contribution in [0.25, 0.3) is 0 Å². The van der Waals surface area contributed by atoms with Crippen molar-refractivity contribution in [3.05, 3.63) is 23.4 Å². The zero-order chi connectivity index (χ0) is 14.5. The molecule has 20 heavy (non-hydrogen) atoms. The summed E-state index contributed by atoms with van der Waals surface area (Å²) >= 11 is 0. The van der Waals surface area contributed by atoms with Gasteiger partial charge in [0.2, 0.25) is 5.88 Å². The molecule has 0 aliphatic carbocycles. The first kappa shape index (κ1) is 14.8. The maximum atomic E-state index is 11.1. The van der Waals surface area contributed by atoms with Crippen LogP contribution in [0.2, 0.25) is 0 Å². The third kappa shape index (κ3) is 3.93. The van der Waals surface area contributed by atoms with Crippen molar-refractivity contribution >= 4 is 5.97 Å². The number of ether oxygens (including phenoxy) is 1. The highest BCUT2D eigenvalue weighted by molar-refractivity contribution is 5.88. The fourth-order valence-electron chi connectivity index (χ4n) is 2.30. The van der Waals surface area contributed by atoms with Crippen molar-refractivity contribution in [2.24, 2.45) is 0 Å². The summed E-state index contributed by atoms with van der Waals surface area (Å²) in [5, 5.41) is 9.12. The minimum absolute atomic E-state index is 0.176. The summed E-state index contributed by atoms with van der Waals surface area (Å²) in [7, 11) is 0. The lowest BCUT2D eigenvalue weighted by Crippen LogP contribution is -2.25. The van der Waals surface area contributed by atoms with Crippen LogP contribution < -0.4 is 4.74 Å². The summed E-state index contributed by atoms with van der Waals surface area (Å²) in [6.45, 7) is 7.65. The standard InChI is InChI=1S/C15H22N2O3/c1-11(2)13-9-12(15(18)19)10-14(16-13)20-8-7-17-5-3-4-6-17/h9-11H,3-8H2,1-2H3,(H,18,19). The molecule has 5 nitrogen and oxygen atoms in total. The monoisotopic (exact) mass is 278 g/mol. The number of aromatic nitrogens is 1. The first-order chi connectivity index (χ1) is 9.56. The van der Waals surface area contributed by atoms with Crippen LogP contribution in [0.4, 0.5) is 0 Å². The number of hydrogen-bond acceptors (Lipinski definition) is 4. The van der Waals surface area contributed by atoms with Gasteiger partial charge in [-0.2, -0.15) is 0 Å². The first-order valence-electron chi connectivity index (χ1n) is 7.16. The third-order valence-corrected chi connectivity index (χ3v) is 3.52. The van der Waals surface area contributed by atoms with Crippen LogP contribution in [0, 0.1) is 0 Å². The maximum absolute atomic E-state index is 11.1. The Morgan fingerprint density at radius 2 is 2.10 bits per heavy atom. The second-order valence-electron chi connectivity index (χ2n) is 5.48. The predicted octanol–water partition coefficient (Wildman–Crippen LogP) is 2.38. The zero-order valence-corrected chi connectivity index (χ0v) is 12.1. The van der Waals surface area contributed by atoms with Crippen molar-refractivity contribution in [1.29, 1.82) is 0 Å². The molecule has 0 bridgehead atoms. The quantitative estimate of drug-likeness (QED) is 0.865. The molecule has 0 atom stereocenters. The van der Waals surface area contributed by atoms with Gasteiger partial charge in [0.1, 0.15) is 6.61 Å². The second kappa shape index (κ2) is 6.70. The highest BCUT2D eigenvalue weighted by Crippen LogP contribution is 2.19. The van der Waals surface area contributed by atoms with Gasteiger partial charge in [0, 0.05) is 18.3 Å². The summed E-state index contributed by atoms with van der Waals surface area (Å²) in [4.78, 5) is 17.8. The third-order valence-electron chi connectivity index (χ3n) is 3.52. The lowest BCUT2D eigenvalue weighted by Gasteiger charge is -2.15. The first-order valence-corrected chi connectivity index (χ1v) is 7.16. The van der Waals surface area contributed by atoms with Gasteiger partial charge >= 0.3 is 5.97 Å². The van der Waals surface area contributed by atoms with E-state index in [-0.39, 0.29) is 11.5 Å². The van der Waals surface area contributed by atoms with Crippen LogP contribution in [0.1, 0.15) is 48.7 Å². The largest absolute Gasteiger partial charge is 0.478 e. The average Bonchev–Trinajstić information content (AvgIpc) is 2.91. The molecule has 110 valence electrons. The molecule has 1 fully saturated rings. The van der Waals surface area contributed by atoms with Crippen molar-refractivity contribution < 1.29 is 14.6 Å². The topological polar surface area (TPSA) is 62.7 Å². The van der Waals surface area contributed by atoms with Crippen molar-refractivity contribution in [1.82, 2.24) is 9.88 Å². The number of likely N-dealkylation sites (tertiary alicyclic amines) is 1. The molecule has 1 N–H and O–H groups in total. The number of pyridine rings is 1. The Hall–Kier alpha value is -1.62. The van der Waals surface area contributed by atoms with Gasteiger partial charge in [-0.05, 0) is 37.9 Å². The lowest BCUT2D eigenvalue weighted by atomic mass is 10.1. The van der Waals surface area contributed by atoms with E-state index in [1.54, 1.807) is 6.07 Å². The normalized spacial score (nSPS) is 15.8. The Kier molecular flexibility index (Phi) is 4.95. The Morgan fingerprint density at radius 1 is 1.40 bits per heavy atom. The van der Waals surface area contributed by atoms with Crippen LogP contribution in [0.5, 0.6) is 5.88 Å². The Bertz CT molecular complexity index is 468. The van der Waals surface area contributed by atoms with Crippen molar-refractivity contribution in [3.8, 4) is 5.88 Å². The zero-order valence-electron chi connectivity index (χ0n) is 12.1. The van der Waals surface area contributed by atoms with Crippen molar-refractivity contribution in [3.63, 3.8) is 0 Å². The number of carbonyl (C=O) groups is 1. The lowest BCUT2D eigenvalue weighted by molar-refractivity contribution is 0.0696. The fraction of sp³-hybridized carbons (Fsp3) is 0.600. The SMILES string of the molecule is CC(C)c1cc(C(=O)O)cc(OCCN2CCCC2)n1. The molecule has 0 amide bonds. The molecule has 2 rings (SSSR count). The highest BCUT2D eigenvalue weighted by atomic mass is 16.5. The van der Waals surface area contributed by atoms with Crippen molar-refractivity contribution in [2.75, 3.05) is 26.2 Å². The summed E-state index contributed by atoms with van der Waals surface area (Å²) in [5.74, 6) is -0.360. The summed E-state index contributed by atoms with van der Waals surface area (Å²) in [5.41, 5.74) is 0.987. The molecule has 0 spiro atoms. The molecule has 1 aromatic rings. The van der Waals surface area contributed by atoms with Gasteiger partial charge in [0.25, 0.3) is 0 Å². The van der Waals surface area contributed by atoms with Gasteiger partial charge in [-0.25, -0.2) is 9.78 Å². The molecule has 1 aliphatic heterocycles. The van der Waals surface area contributed by atoms with Crippen LogP contribution in [-0.4, -0.2) is 47.2 Å². The summed E-state index contributed by atoms with van der Waals surface area (Å²) in [6.07, 6.45) is 2.51. The molecule has 0 radical (unpaired) electrons. The number of nitrogens with zero attached hydrogens (tertiary/aromatic N) is 2. The van der Waals surface area contributed by atoms with E-state index >= 15 is 0 Å². The van der Waals surface area contributed by atoms with Gasteiger partial charge < -0.3 is 9.84 Å². The number of carboxylic acids is 1. The van der Waals surface area contributed by atoms with Crippen LogP contribution in [0.15, 0.2) is 12.1 Å². The van der Waals surface area contributed by atoms with E-state index in [2.05, 4.69) is 9.88 Å². The molecular formula is C15H22N2O3. The molecule has 0 aromatic carbocycles. The molecular weight excluding hydrogens is 256 g/mol.